The number of hydrogen-bond donors (Lipinski definition) is 2. The van der Waals surface area contributed by atoms with Crippen LogP contribution in [0.4, 0.5) is 10.1 Å². The van der Waals surface area contributed by atoms with Crippen molar-refractivity contribution in [2.45, 2.75) is 26.9 Å². The maximum absolute atomic E-state index is 13.7. The molecule has 2 rings (SSSR count). The van der Waals surface area contributed by atoms with E-state index in [9.17, 15) is 9.18 Å². The highest BCUT2D eigenvalue weighted by Crippen LogP contribution is 2.21. The van der Waals surface area contributed by atoms with Gasteiger partial charge in [0.25, 0.3) is 0 Å². The van der Waals surface area contributed by atoms with Crippen LogP contribution in [0.25, 0.3) is 0 Å². The van der Waals surface area contributed by atoms with Crippen LogP contribution >= 0.6 is 0 Å². The van der Waals surface area contributed by atoms with Gasteiger partial charge in [0.2, 0.25) is 5.91 Å². The first-order valence-corrected chi connectivity index (χ1v) is 6.37. The van der Waals surface area contributed by atoms with Crippen molar-refractivity contribution < 1.29 is 9.18 Å². The van der Waals surface area contributed by atoms with Gasteiger partial charge in [0.15, 0.2) is 0 Å². The van der Waals surface area contributed by atoms with Gasteiger partial charge in [0.05, 0.1) is 12.2 Å². The second-order valence-corrected chi connectivity index (χ2v) is 4.49. The van der Waals surface area contributed by atoms with Crippen LogP contribution in [0.15, 0.2) is 24.4 Å². The van der Waals surface area contributed by atoms with Gasteiger partial charge in [0, 0.05) is 29.6 Å². The standard InChI is InChI=1S/C14H17FN4O/c1-3-19-11(4-5-18-19)8-17-13-7-10(14(16)20)6-12(15)9(13)2/h4-7,17H,3,8H2,1-2H3,(H2,16,20). The number of anilines is 1. The Balaban J connectivity index is 2.23. The van der Waals surface area contributed by atoms with E-state index in [0.29, 0.717) is 17.8 Å². The normalized spacial score (nSPS) is 10.6. The Bertz CT molecular complexity index is 636. The molecular formula is C14H17FN4O. The largest absolute Gasteiger partial charge is 0.379 e. The number of carbonyl (C=O) groups is 1. The quantitative estimate of drug-likeness (QED) is 0.878. The summed E-state index contributed by atoms with van der Waals surface area (Å²) in [5, 5.41) is 7.28. The molecule has 0 radical (unpaired) electrons. The molecule has 0 spiro atoms. The van der Waals surface area contributed by atoms with Gasteiger partial charge >= 0.3 is 0 Å². The number of hydrogen-bond acceptors (Lipinski definition) is 3. The lowest BCUT2D eigenvalue weighted by Crippen LogP contribution is -2.13. The van der Waals surface area contributed by atoms with Gasteiger partial charge in [-0.2, -0.15) is 5.10 Å². The van der Waals surface area contributed by atoms with E-state index >= 15 is 0 Å². The molecule has 5 nitrogen and oxygen atoms in total. The lowest BCUT2D eigenvalue weighted by molar-refractivity contribution is 0.1000. The van der Waals surface area contributed by atoms with E-state index in [0.717, 1.165) is 18.3 Å². The molecule has 6 heteroatoms. The van der Waals surface area contributed by atoms with E-state index in [4.69, 9.17) is 5.73 Å². The third-order valence-corrected chi connectivity index (χ3v) is 3.19. The van der Waals surface area contributed by atoms with E-state index in [1.54, 1.807) is 19.2 Å². The van der Waals surface area contributed by atoms with Gasteiger partial charge in [-0.05, 0) is 32.0 Å². The van der Waals surface area contributed by atoms with Gasteiger partial charge < -0.3 is 11.1 Å². The minimum Gasteiger partial charge on any atom is -0.379 e. The lowest BCUT2D eigenvalue weighted by atomic mass is 10.1. The Morgan fingerprint density at radius 1 is 1.50 bits per heavy atom. The average Bonchev–Trinajstić information content (AvgIpc) is 2.87. The Hall–Kier alpha value is -2.37. The number of carbonyl (C=O) groups excluding carboxylic acids is 1. The molecule has 0 unspecified atom stereocenters. The molecule has 106 valence electrons. The smallest absolute Gasteiger partial charge is 0.248 e. The first-order chi connectivity index (χ1) is 9.52. The van der Waals surface area contributed by atoms with Crippen molar-refractivity contribution in [1.82, 2.24) is 9.78 Å². The van der Waals surface area contributed by atoms with Crippen molar-refractivity contribution in [2.24, 2.45) is 5.73 Å². The molecule has 0 atom stereocenters. The molecule has 1 amide bonds. The SMILES string of the molecule is CCn1nccc1CNc1cc(C(N)=O)cc(F)c1C. The third-order valence-electron chi connectivity index (χ3n) is 3.19. The van der Waals surface area contributed by atoms with E-state index in [2.05, 4.69) is 10.4 Å². The number of aromatic nitrogens is 2. The minimum absolute atomic E-state index is 0.152. The number of aryl methyl sites for hydroxylation is 1. The molecule has 3 N–H and O–H groups in total. The summed E-state index contributed by atoms with van der Waals surface area (Å²) < 4.78 is 15.6. The zero-order chi connectivity index (χ0) is 14.7. The van der Waals surface area contributed by atoms with Crippen LogP contribution in [0, 0.1) is 12.7 Å². The van der Waals surface area contributed by atoms with Crippen molar-refractivity contribution in [3.63, 3.8) is 0 Å². The number of nitrogens with two attached hydrogens (primary N) is 1. The zero-order valence-electron chi connectivity index (χ0n) is 11.5. The number of nitrogens with zero attached hydrogens (tertiary/aromatic N) is 2. The summed E-state index contributed by atoms with van der Waals surface area (Å²) in [4.78, 5) is 11.2. The Morgan fingerprint density at radius 3 is 2.90 bits per heavy atom. The van der Waals surface area contributed by atoms with Crippen molar-refractivity contribution in [3.8, 4) is 0 Å². The van der Waals surface area contributed by atoms with Gasteiger partial charge in [-0.25, -0.2) is 4.39 Å². The molecule has 20 heavy (non-hydrogen) atoms. The number of amides is 1. The molecule has 0 bridgehead atoms. The van der Waals surface area contributed by atoms with Crippen LogP contribution in [0.5, 0.6) is 0 Å². The molecule has 0 aliphatic carbocycles. The summed E-state index contributed by atoms with van der Waals surface area (Å²) in [5.41, 5.74) is 7.34. The second kappa shape index (κ2) is 5.73. The molecule has 1 aromatic carbocycles. The van der Waals surface area contributed by atoms with E-state index < -0.39 is 11.7 Å². The van der Waals surface area contributed by atoms with Crippen molar-refractivity contribution in [3.05, 3.63) is 47.0 Å². The van der Waals surface area contributed by atoms with Crippen LogP contribution < -0.4 is 11.1 Å². The van der Waals surface area contributed by atoms with Gasteiger partial charge in [-0.3, -0.25) is 9.48 Å². The molecule has 1 heterocycles. The number of primary amides is 1. The monoisotopic (exact) mass is 276 g/mol. The highest BCUT2D eigenvalue weighted by atomic mass is 19.1. The zero-order valence-corrected chi connectivity index (χ0v) is 11.5. The van der Waals surface area contributed by atoms with Crippen molar-refractivity contribution in [2.75, 3.05) is 5.32 Å². The van der Waals surface area contributed by atoms with Crippen LogP contribution in [-0.4, -0.2) is 15.7 Å². The fraction of sp³-hybridized carbons (Fsp3) is 0.286. The van der Waals surface area contributed by atoms with Crippen LogP contribution in [0.3, 0.4) is 0 Å². The summed E-state index contributed by atoms with van der Waals surface area (Å²) in [6.07, 6.45) is 1.72. The molecular weight excluding hydrogens is 259 g/mol. The van der Waals surface area contributed by atoms with Gasteiger partial charge in [0.1, 0.15) is 5.82 Å². The molecule has 2 aromatic rings. The molecule has 1 aromatic heterocycles. The van der Waals surface area contributed by atoms with E-state index in [1.165, 1.54) is 0 Å². The van der Waals surface area contributed by atoms with Crippen molar-refractivity contribution in [1.29, 1.82) is 0 Å². The van der Waals surface area contributed by atoms with E-state index in [-0.39, 0.29) is 5.56 Å². The summed E-state index contributed by atoms with van der Waals surface area (Å²) in [5.74, 6) is -1.10. The lowest BCUT2D eigenvalue weighted by Gasteiger charge is -2.12. The average molecular weight is 276 g/mol. The molecule has 0 fully saturated rings. The summed E-state index contributed by atoms with van der Waals surface area (Å²) in [6.45, 7) is 4.91. The highest BCUT2D eigenvalue weighted by Gasteiger charge is 2.11. The van der Waals surface area contributed by atoms with Crippen molar-refractivity contribution >= 4 is 11.6 Å². The summed E-state index contributed by atoms with van der Waals surface area (Å²) in [6, 6.07) is 4.60. The first kappa shape index (κ1) is 14.0. The molecule has 0 aliphatic heterocycles. The number of halogens is 1. The predicted molar refractivity (Wildman–Crippen MR) is 74.9 cm³/mol. The molecule has 0 aliphatic rings. The highest BCUT2D eigenvalue weighted by molar-refractivity contribution is 5.94. The number of benzene rings is 1. The Labute approximate surface area is 116 Å². The first-order valence-electron chi connectivity index (χ1n) is 6.37. The number of nitrogens with one attached hydrogen (secondary N) is 1. The molecule has 0 saturated carbocycles. The summed E-state index contributed by atoms with van der Waals surface area (Å²) >= 11 is 0. The minimum atomic E-state index is -0.648. The second-order valence-electron chi connectivity index (χ2n) is 4.49. The predicted octanol–water partition coefficient (Wildman–Crippen LogP) is 2.06. The maximum atomic E-state index is 13.7. The maximum Gasteiger partial charge on any atom is 0.248 e. The van der Waals surface area contributed by atoms with E-state index in [1.807, 2.05) is 17.7 Å². The Morgan fingerprint density at radius 2 is 2.25 bits per heavy atom. The fourth-order valence-electron chi connectivity index (χ4n) is 1.99. The number of rotatable bonds is 5. The molecule has 0 saturated heterocycles. The van der Waals surface area contributed by atoms with Crippen LogP contribution in [-0.2, 0) is 13.1 Å². The van der Waals surface area contributed by atoms with Gasteiger partial charge in [-0.15, -0.1) is 0 Å². The fourth-order valence-corrected chi connectivity index (χ4v) is 1.99. The summed E-state index contributed by atoms with van der Waals surface area (Å²) in [7, 11) is 0. The topological polar surface area (TPSA) is 72.9 Å². The van der Waals surface area contributed by atoms with Gasteiger partial charge in [-0.1, -0.05) is 0 Å². The van der Waals surface area contributed by atoms with Crippen LogP contribution in [0.2, 0.25) is 0 Å². The Kier molecular flexibility index (Phi) is 4.02. The third kappa shape index (κ3) is 2.79. The van der Waals surface area contributed by atoms with Crippen LogP contribution in [0.1, 0.15) is 28.5 Å².